The molecule has 0 aliphatic rings. The monoisotopic (exact) mass is 271 g/mol. The van der Waals surface area contributed by atoms with Gasteiger partial charge in [-0.1, -0.05) is 0 Å². The van der Waals surface area contributed by atoms with Crippen LogP contribution in [0.3, 0.4) is 0 Å². The minimum absolute atomic E-state index is 0.0793. The second-order valence-corrected chi connectivity index (χ2v) is 3.41. The number of benzene rings is 1. The van der Waals surface area contributed by atoms with E-state index in [1.54, 1.807) is 0 Å². The van der Waals surface area contributed by atoms with Crippen molar-refractivity contribution in [1.82, 2.24) is 0 Å². The Bertz CT molecular complexity index is 352. The van der Waals surface area contributed by atoms with Crippen LogP contribution in [0.2, 0.25) is 0 Å². The van der Waals surface area contributed by atoms with Crippen molar-refractivity contribution in [2.75, 3.05) is 7.11 Å². The molecule has 0 saturated carbocycles. The number of hydrogen-bond donors (Lipinski definition) is 0. The number of hydrogen-bond acceptors (Lipinski definition) is 1. The van der Waals surface area contributed by atoms with Crippen LogP contribution in [0.15, 0.2) is 16.6 Å². The second kappa shape index (κ2) is 3.80. The SMILES string of the molecule is COc1c(Br)ccc(F)c1[B-](F)(F)F. The molecule has 0 spiro atoms. The van der Waals surface area contributed by atoms with Gasteiger partial charge in [-0.2, -0.15) is 0 Å². The van der Waals surface area contributed by atoms with E-state index in [9.17, 15) is 17.3 Å². The zero-order chi connectivity index (χ0) is 10.9. The van der Waals surface area contributed by atoms with Crippen LogP contribution in [-0.2, 0) is 0 Å². The molecule has 0 fully saturated rings. The summed E-state index contributed by atoms with van der Waals surface area (Å²) in [6, 6.07) is 1.91. The lowest BCUT2D eigenvalue weighted by Crippen LogP contribution is -2.38. The van der Waals surface area contributed by atoms with Crippen LogP contribution in [0.1, 0.15) is 0 Å². The molecule has 1 rings (SSSR count). The fourth-order valence-corrected chi connectivity index (χ4v) is 1.57. The van der Waals surface area contributed by atoms with Gasteiger partial charge in [0, 0.05) is 0 Å². The van der Waals surface area contributed by atoms with Crippen LogP contribution in [0.5, 0.6) is 5.75 Å². The Morgan fingerprint density at radius 2 is 1.86 bits per heavy atom. The molecule has 0 atom stereocenters. The first-order valence-electron chi connectivity index (χ1n) is 3.59. The second-order valence-electron chi connectivity index (χ2n) is 2.55. The molecule has 0 radical (unpaired) electrons. The quantitative estimate of drug-likeness (QED) is 0.594. The highest BCUT2D eigenvalue weighted by molar-refractivity contribution is 9.10. The Morgan fingerprint density at radius 3 is 2.21 bits per heavy atom. The minimum Gasteiger partial charge on any atom is -0.498 e. The molecule has 0 unspecified atom stereocenters. The lowest BCUT2D eigenvalue weighted by atomic mass is 9.79. The van der Waals surface area contributed by atoms with Gasteiger partial charge in [-0.05, 0) is 33.5 Å². The topological polar surface area (TPSA) is 9.23 Å². The minimum atomic E-state index is -5.41. The summed E-state index contributed by atoms with van der Waals surface area (Å²) >= 11 is 2.85. The molecule has 0 aliphatic carbocycles. The fraction of sp³-hybridized carbons (Fsp3) is 0.143. The molecule has 78 valence electrons. The summed E-state index contributed by atoms with van der Waals surface area (Å²) in [7, 11) is 1.06. The smallest absolute Gasteiger partial charge is 0.498 e. The molecular formula is C7H5BBrF4O-. The lowest BCUT2D eigenvalue weighted by molar-refractivity contribution is 0.406. The lowest BCUT2D eigenvalue weighted by Gasteiger charge is -2.20. The number of halogens is 5. The van der Waals surface area contributed by atoms with Gasteiger partial charge in [0.05, 0.1) is 17.4 Å². The summed E-state index contributed by atoms with van der Waals surface area (Å²) in [5, 5.41) is 0. The average molecular weight is 272 g/mol. The molecule has 0 N–H and O–H groups in total. The normalized spacial score (nSPS) is 11.6. The third kappa shape index (κ3) is 2.02. The van der Waals surface area contributed by atoms with E-state index in [-0.39, 0.29) is 4.47 Å². The van der Waals surface area contributed by atoms with E-state index in [0.717, 1.165) is 13.2 Å². The molecule has 0 heterocycles. The molecule has 7 heteroatoms. The van der Waals surface area contributed by atoms with Crippen molar-refractivity contribution in [2.24, 2.45) is 0 Å². The van der Waals surface area contributed by atoms with E-state index in [4.69, 9.17) is 0 Å². The van der Waals surface area contributed by atoms with Gasteiger partial charge in [0.1, 0.15) is 5.75 Å². The summed E-state index contributed by atoms with van der Waals surface area (Å²) in [6.07, 6.45) is 0. The molecule has 0 amide bonds. The van der Waals surface area contributed by atoms with Crippen LogP contribution >= 0.6 is 15.9 Å². The molecule has 0 aromatic heterocycles. The predicted octanol–water partition coefficient (Wildman–Crippen LogP) is 2.65. The molecule has 0 bridgehead atoms. The van der Waals surface area contributed by atoms with Crippen molar-refractivity contribution in [1.29, 1.82) is 0 Å². The van der Waals surface area contributed by atoms with Crippen molar-refractivity contribution < 1.29 is 22.1 Å². The Labute approximate surface area is 86.2 Å². The third-order valence-corrected chi connectivity index (χ3v) is 2.25. The largest absolute Gasteiger partial charge is 0.516 e. The summed E-state index contributed by atoms with van der Waals surface area (Å²) < 4.78 is 54.7. The fourth-order valence-electron chi connectivity index (χ4n) is 1.06. The molecular weight excluding hydrogens is 267 g/mol. The third-order valence-electron chi connectivity index (χ3n) is 1.63. The van der Waals surface area contributed by atoms with E-state index >= 15 is 0 Å². The molecule has 1 aromatic rings. The Morgan fingerprint density at radius 1 is 1.29 bits per heavy atom. The highest BCUT2D eigenvalue weighted by Crippen LogP contribution is 2.27. The first-order chi connectivity index (χ1) is 6.38. The predicted molar refractivity (Wildman–Crippen MR) is 49.4 cm³/mol. The number of rotatable bonds is 2. The molecule has 1 aromatic carbocycles. The van der Waals surface area contributed by atoms with E-state index in [0.29, 0.717) is 0 Å². The van der Waals surface area contributed by atoms with Gasteiger partial charge in [-0.3, -0.25) is 0 Å². The highest BCUT2D eigenvalue weighted by atomic mass is 79.9. The van der Waals surface area contributed by atoms with Gasteiger partial charge in [-0.25, -0.2) is 4.39 Å². The van der Waals surface area contributed by atoms with Gasteiger partial charge in [-0.15, -0.1) is 0 Å². The van der Waals surface area contributed by atoms with Crippen LogP contribution in [0.25, 0.3) is 0 Å². The van der Waals surface area contributed by atoms with Gasteiger partial charge >= 0.3 is 6.98 Å². The van der Waals surface area contributed by atoms with Crippen LogP contribution in [0, 0.1) is 5.82 Å². The summed E-state index contributed by atoms with van der Waals surface area (Å²) in [5.41, 5.74) is -1.33. The van der Waals surface area contributed by atoms with Gasteiger partial charge in [0.15, 0.2) is 0 Å². The van der Waals surface area contributed by atoms with Crippen molar-refractivity contribution in [2.45, 2.75) is 0 Å². The van der Waals surface area contributed by atoms with E-state index in [2.05, 4.69) is 20.7 Å². The molecule has 0 aliphatic heterocycles. The first-order valence-corrected chi connectivity index (χ1v) is 4.39. The molecule has 0 saturated heterocycles. The number of ether oxygens (including phenoxy) is 1. The van der Waals surface area contributed by atoms with E-state index in [1.165, 1.54) is 6.07 Å². The zero-order valence-electron chi connectivity index (χ0n) is 7.03. The Hall–Kier alpha value is -0.715. The summed E-state index contributed by atoms with van der Waals surface area (Å²) in [5.74, 6) is -1.84. The van der Waals surface area contributed by atoms with Crippen molar-refractivity contribution in [3.05, 3.63) is 22.4 Å². The zero-order valence-corrected chi connectivity index (χ0v) is 8.62. The Kier molecular flexibility index (Phi) is 3.09. The molecule has 1 nitrogen and oxygen atoms in total. The number of methoxy groups -OCH3 is 1. The highest BCUT2D eigenvalue weighted by Gasteiger charge is 2.33. The maximum absolute atomic E-state index is 12.9. The van der Waals surface area contributed by atoms with Gasteiger partial charge in [0.2, 0.25) is 0 Å². The maximum Gasteiger partial charge on any atom is 0.516 e. The van der Waals surface area contributed by atoms with Crippen LogP contribution < -0.4 is 10.2 Å². The van der Waals surface area contributed by atoms with E-state index in [1.807, 2.05) is 0 Å². The maximum atomic E-state index is 12.9. The van der Waals surface area contributed by atoms with Crippen molar-refractivity contribution >= 4 is 28.4 Å². The van der Waals surface area contributed by atoms with Crippen molar-refractivity contribution in [3.63, 3.8) is 0 Å². The Balaban J connectivity index is 3.46. The van der Waals surface area contributed by atoms with Crippen LogP contribution in [0.4, 0.5) is 17.3 Å². The standard InChI is InChI=1S/C7H5BBrF4O/c1-14-7-4(9)2-3-5(10)6(7)8(11,12)13/h2-3H,1H3/q-1. The van der Waals surface area contributed by atoms with Crippen molar-refractivity contribution in [3.8, 4) is 5.75 Å². The van der Waals surface area contributed by atoms with Gasteiger partial charge in [0.25, 0.3) is 0 Å². The van der Waals surface area contributed by atoms with E-state index < -0.39 is 24.0 Å². The summed E-state index contributed by atoms with van der Waals surface area (Å²) in [6.45, 7) is -5.41. The van der Waals surface area contributed by atoms with Crippen LogP contribution in [-0.4, -0.2) is 14.1 Å². The van der Waals surface area contributed by atoms with Gasteiger partial charge < -0.3 is 17.7 Å². The first kappa shape index (κ1) is 11.4. The average Bonchev–Trinajstić information content (AvgIpc) is 2.06. The summed E-state index contributed by atoms with van der Waals surface area (Å²) in [4.78, 5) is 0. The molecule has 14 heavy (non-hydrogen) atoms.